The summed E-state index contributed by atoms with van der Waals surface area (Å²) in [5.41, 5.74) is 3.12. The molecule has 0 bridgehead atoms. The number of carbonyl (C=O) groups is 1. The lowest BCUT2D eigenvalue weighted by atomic mass is 10.0. The van der Waals surface area contributed by atoms with E-state index in [0.29, 0.717) is 18.5 Å². The fraction of sp³-hybridized carbons (Fsp3) is 0.368. The van der Waals surface area contributed by atoms with Crippen LogP contribution in [0.5, 0.6) is 0 Å². The van der Waals surface area contributed by atoms with Crippen LogP contribution < -0.4 is 16.2 Å². The van der Waals surface area contributed by atoms with E-state index in [-0.39, 0.29) is 30.7 Å². The van der Waals surface area contributed by atoms with Gasteiger partial charge < -0.3 is 20.7 Å². The van der Waals surface area contributed by atoms with E-state index in [2.05, 4.69) is 15.6 Å². The summed E-state index contributed by atoms with van der Waals surface area (Å²) < 4.78 is 0. The maximum atomic E-state index is 12.0. The molecule has 0 saturated heterocycles. The molecular formula is C19H25N3O3. The predicted octanol–water partition coefficient (Wildman–Crippen LogP) is 1.64. The number of benzene rings is 1. The lowest BCUT2D eigenvalue weighted by Crippen LogP contribution is -2.40. The molecule has 1 aromatic carbocycles. The van der Waals surface area contributed by atoms with Crippen molar-refractivity contribution in [2.24, 2.45) is 5.92 Å². The van der Waals surface area contributed by atoms with Crippen LogP contribution in [0, 0.1) is 19.8 Å². The van der Waals surface area contributed by atoms with Crippen LogP contribution in [-0.2, 0) is 13.0 Å². The molecule has 0 aliphatic rings. The molecule has 0 unspecified atom stereocenters. The summed E-state index contributed by atoms with van der Waals surface area (Å²) in [6.45, 7) is 4.18. The van der Waals surface area contributed by atoms with E-state index in [4.69, 9.17) is 0 Å². The molecule has 0 fully saturated rings. The minimum Gasteiger partial charge on any atom is -0.396 e. The molecule has 6 heteroatoms. The summed E-state index contributed by atoms with van der Waals surface area (Å²) in [7, 11) is 0. The van der Waals surface area contributed by atoms with Crippen molar-refractivity contribution < 1.29 is 9.90 Å². The van der Waals surface area contributed by atoms with Gasteiger partial charge in [0.1, 0.15) is 0 Å². The van der Waals surface area contributed by atoms with Gasteiger partial charge in [-0.05, 0) is 37.5 Å². The molecule has 0 aliphatic heterocycles. The van der Waals surface area contributed by atoms with Gasteiger partial charge in [0.05, 0.1) is 6.54 Å². The highest BCUT2D eigenvalue weighted by Crippen LogP contribution is 2.07. The standard InChI is InChI=1S/C19H25N3O3/c1-13-8-14(2)22-18(24)17(13)11-21-19(25)20-10-16(12-23)9-15-6-4-3-5-7-15/h3-8,16,23H,9-12H2,1-2H3,(H,22,24)(H2,20,21,25)/t16-/m0/s1. The Morgan fingerprint density at radius 3 is 2.56 bits per heavy atom. The number of nitrogens with one attached hydrogen (secondary N) is 3. The molecule has 1 heterocycles. The summed E-state index contributed by atoms with van der Waals surface area (Å²) in [6.07, 6.45) is 0.689. The molecular weight excluding hydrogens is 318 g/mol. The van der Waals surface area contributed by atoms with Crippen LogP contribution in [0.1, 0.15) is 22.4 Å². The van der Waals surface area contributed by atoms with Gasteiger partial charge >= 0.3 is 6.03 Å². The van der Waals surface area contributed by atoms with E-state index in [1.54, 1.807) is 0 Å². The topological polar surface area (TPSA) is 94.2 Å². The molecule has 1 atom stereocenters. The Kier molecular flexibility index (Phi) is 6.77. The van der Waals surface area contributed by atoms with Crippen LogP contribution in [0.2, 0.25) is 0 Å². The average Bonchev–Trinajstić information content (AvgIpc) is 2.58. The zero-order valence-corrected chi connectivity index (χ0v) is 14.6. The smallest absolute Gasteiger partial charge is 0.315 e. The lowest BCUT2D eigenvalue weighted by Gasteiger charge is -2.16. The predicted molar refractivity (Wildman–Crippen MR) is 97.5 cm³/mol. The number of H-pyrrole nitrogens is 1. The Labute approximate surface area is 147 Å². The molecule has 2 aromatic rings. The Morgan fingerprint density at radius 2 is 1.92 bits per heavy atom. The van der Waals surface area contributed by atoms with Gasteiger partial charge in [0.25, 0.3) is 5.56 Å². The lowest BCUT2D eigenvalue weighted by molar-refractivity contribution is 0.214. The largest absolute Gasteiger partial charge is 0.396 e. The van der Waals surface area contributed by atoms with E-state index in [1.165, 1.54) is 0 Å². The Bertz CT molecular complexity index is 756. The second kappa shape index (κ2) is 9.03. The van der Waals surface area contributed by atoms with Crippen LogP contribution in [0.15, 0.2) is 41.2 Å². The van der Waals surface area contributed by atoms with Gasteiger partial charge in [-0.2, -0.15) is 0 Å². The molecule has 134 valence electrons. The maximum Gasteiger partial charge on any atom is 0.315 e. The minimum atomic E-state index is -0.356. The van der Waals surface area contributed by atoms with E-state index >= 15 is 0 Å². The number of aromatic amines is 1. The van der Waals surface area contributed by atoms with E-state index < -0.39 is 0 Å². The van der Waals surface area contributed by atoms with Crippen LogP contribution in [0.4, 0.5) is 4.79 Å². The summed E-state index contributed by atoms with van der Waals surface area (Å²) in [5.74, 6) is -0.0577. The molecule has 0 aliphatic carbocycles. The molecule has 0 radical (unpaired) electrons. The molecule has 2 amide bonds. The number of pyridine rings is 1. The van der Waals surface area contributed by atoms with Crippen LogP contribution >= 0.6 is 0 Å². The van der Waals surface area contributed by atoms with Crippen LogP contribution in [0.25, 0.3) is 0 Å². The zero-order valence-electron chi connectivity index (χ0n) is 14.6. The first-order valence-corrected chi connectivity index (χ1v) is 8.35. The monoisotopic (exact) mass is 343 g/mol. The molecule has 25 heavy (non-hydrogen) atoms. The van der Waals surface area contributed by atoms with Crippen molar-refractivity contribution >= 4 is 6.03 Å². The van der Waals surface area contributed by atoms with Gasteiger partial charge in [-0.1, -0.05) is 30.3 Å². The number of hydrogen-bond donors (Lipinski definition) is 4. The fourth-order valence-corrected chi connectivity index (χ4v) is 2.72. The van der Waals surface area contributed by atoms with Crippen molar-refractivity contribution in [3.63, 3.8) is 0 Å². The van der Waals surface area contributed by atoms with E-state index in [0.717, 1.165) is 16.8 Å². The molecule has 0 spiro atoms. The van der Waals surface area contributed by atoms with Crippen molar-refractivity contribution in [1.82, 2.24) is 15.6 Å². The second-order valence-corrected chi connectivity index (χ2v) is 6.24. The van der Waals surface area contributed by atoms with Gasteiger partial charge in [-0.3, -0.25) is 4.79 Å². The van der Waals surface area contributed by atoms with E-state index in [9.17, 15) is 14.7 Å². The first-order valence-electron chi connectivity index (χ1n) is 8.35. The van der Waals surface area contributed by atoms with Crippen molar-refractivity contribution in [2.75, 3.05) is 13.2 Å². The minimum absolute atomic E-state index is 0.00802. The Morgan fingerprint density at radius 1 is 1.20 bits per heavy atom. The van der Waals surface area contributed by atoms with Gasteiger partial charge in [-0.25, -0.2) is 4.79 Å². The number of amides is 2. The molecule has 0 saturated carbocycles. The first-order chi connectivity index (χ1) is 12.0. The van der Waals surface area contributed by atoms with Gasteiger partial charge in [0, 0.05) is 30.3 Å². The highest BCUT2D eigenvalue weighted by atomic mass is 16.3. The second-order valence-electron chi connectivity index (χ2n) is 6.24. The summed E-state index contributed by atoms with van der Waals surface area (Å²) in [6, 6.07) is 11.3. The number of carbonyl (C=O) groups excluding carboxylic acids is 1. The van der Waals surface area contributed by atoms with Gasteiger partial charge in [0.15, 0.2) is 0 Å². The van der Waals surface area contributed by atoms with Crippen LogP contribution in [-0.4, -0.2) is 29.3 Å². The van der Waals surface area contributed by atoms with E-state index in [1.807, 2.05) is 50.2 Å². The quantitative estimate of drug-likeness (QED) is 0.616. The number of aryl methyl sites for hydroxylation is 2. The zero-order chi connectivity index (χ0) is 18.2. The Hall–Kier alpha value is -2.60. The van der Waals surface area contributed by atoms with Gasteiger partial charge in [0.2, 0.25) is 0 Å². The Balaban J connectivity index is 1.83. The van der Waals surface area contributed by atoms with Gasteiger partial charge in [-0.15, -0.1) is 0 Å². The molecule has 6 nitrogen and oxygen atoms in total. The summed E-state index contributed by atoms with van der Waals surface area (Å²) in [5, 5.41) is 14.9. The number of aliphatic hydroxyl groups excluding tert-OH is 1. The third-order valence-electron chi connectivity index (χ3n) is 4.10. The average molecular weight is 343 g/mol. The highest BCUT2D eigenvalue weighted by molar-refractivity contribution is 5.73. The third-order valence-corrected chi connectivity index (χ3v) is 4.10. The highest BCUT2D eigenvalue weighted by Gasteiger charge is 2.11. The summed E-state index contributed by atoms with van der Waals surface area (Å²) in [4.78, 5) is 26.6. The SMILES string of the molecule is Cc1cc(C)c(CNC(=O)NC[C@@H](CO)Cc2ccccc2)c(=O)[nH]1. The number of urea groups is 1. The number of aliphatic hydroxyl groups is 1. The van der Waals surface area contributed by atoms with Crippen molar-refractivity contribution in [1.29, 1.82) is 0 Å². The fourth-order valence-electron chi connectivity index (χ4n) is 2.72. The number of hydrogen-bond acceptors (Lipinski definition) is 3. The normalized spacial score (nSPS) is 11.8. The van der Waals surface area contributed by atoms with Crippen molar-refractivity contribution in [3.8, 4) is 0 Å². The van der Waals surface area contributed by atoms with Crippen LogP contribution in [0.3, 0.4) is 0 Å². The molecule has 4 N–H and O–H groups in total. The number of aromatic nitrogens is 1. The molecule has 1 aromatic heterocycles. The first kappa shape index (κ1) is 18.7. The van der Waals surface area contributed by atoms with Crippen molar-refractivity contribution in [3.05, 3.63) is 69.1 Å². The summed E-state index contributed by atoms with van der Waals surface area (Å²) >= 11 is 0. The number of rotatable bonds is 7. The molecule has 2 rings (SSSR count). The maximum absolute atomic E-state index is 12.0. The third kappa shape index (κ3) is 5.76. The van der Waals surface area contributed by atoms with Crippen molar-refractivity contribution in [2.45, 2.75) is 26.8 Å².